The van der Waals surface area contributed by atoms with E-state index >= 15 is 0 Å². The molecule has 1 aliphatic rings. The minimum Gasteiger partial charge on any atom is -0.368 e. The molecule has 112 valence electrons. The third-order valence-electron chi connectivity index (χ3n) is 3.34. The topological polar surface area (TPSA) is 48.2 Å². The number of benzene rings is 1. The van der Waals surface area contributed by atoms with Crippen LogP contribution in [-0.2, 0) is 10.9 Å². The third-order valence-corrected chi connectivity index (χ3v) is 3.34. The average Bonchev–Trinajstić information content (AvgIpc) is 2.97. The zero-order valence-corrected chi connectivity index (χ0v) is 11.1. The van der Waals surface area contributed by atoms with Crippen LogP contribution in [0.2, 0.25) is 0 Å². The first kappa shape index (κ1) is 14.1. The Hall–Kier alpha value is -1.89. The largest absolute Gasteiger partial charge is 0.416 e. The second-order valence-corrected chi connectivity index (χ2v) is 4.89. The van der Waals surface area contributed by atoms with Gasteiger partial charge in [0, 0.05) is 12.2 Å². The number of hydrogen-bond acceptors (Lipinski definition) is 4. The molecule has 4 nitrogen and oxygen atoms in total. The molecular formula is C14H13F3N2O2. The maximum absolute atomic E-state index is 12.7. The molecule has 1 unspecified atom stereocenters. The minimum atomic E-state index is -4.39. The van der Waals surface area contributed by atoms with Gasteiger partial charge in [0.15, 0.2) is 0 Å². The van der Waals surface area contributed by atoms with Crippen LogP contribution in [-0.4, -0.2) is 16.7 Å². The van der Waals surface area contributed by atoms with Gasteiger partial charge < -0.3 is 9.26 Å². The summed E-state index contributed by atoms with van der Waals surface area (Å²) in [6.07, 6.45) is -1.87. The van der Waals surface area contributed by atoms with Crippen molar-refractivity contribution in [1.29, 1.82) is 0 Å². The highest BCUT2D eigenvalue weighted by molar-refractivity contribution is 5.55. The Bertz CT molecular complexity index is 619. The Kier molecular flexibility index (Phi) is 3.67. The lowest BCUT2D eigenvalue weighted by atomic mass is 10.1. The van der Waals surface area contributed by atoms with Crippen LogP contribution in [0.25, 0.3) is 11.4 Å². The molecular weight excluding hydrogens is 285 g/mol. The molecule has 0 radical (unpaired) electrons. The summed E-state index contributed by atoms with van der Waals surface area (Å²) in [6.45, 7) is 0.631. The van der Waals surface area contributed by atoms with Crippen LogP contribution in [0.15, 0.2) is 28.8 Å². The lowest BCUT2D eigenvalue weighted by molar-refractivity contribution is -0.137. The van der Waals surface area contributed by atoms with Crippen LogP contribution in [0.5, 0.6) is 0 Å². The second-order valence-electron chi connectivity index (χ2n) is 4.89. The number of hydrogen-bond donors (Lipinski definition) is 0. The van der Waals surface area contributed by atoms with Gasteiger partial charge in [-0.2, -0.15) is 18.2 Å². The van der Waals surface area contributed by atoms with Crippen molar-refractivity contribution in [2.75, 3.05) is 6.61 Å². The van der Waals surface area contributed by atoms with E-state index < -0.39 is 11.7 Å². The number of halogens is 3. The number of nitrogens with zero attached hydrogens (tertiary/aromatic N) is 2. The first-order valence-corrected chi connectivity index (χ1v) is 6.67. The highest BCUT2D eigenvalue weighted by atomic mass is 19.4. The van der Waals surface area contributed by atoms with Crippen LogP contribution >= 0.6 is 0 Å². The Morgan fingerprint density at radius 2 is 2.05 bits per heavy atom. The fraction of sp³-hybridized carbons (Fsp3) is 0.429. The highest BCUT2D eigenvalue weighted by Crippen LogP contribution is 2.32. The summed E-state index contributed by atoms with van der Waals surface area (Å²) in [5, 5.41) is 3.75. The van der Waals surface area contributed by atoms with E-state index in [1.54, 1.807) is 0 Å². The van der Waals surface area contributed by atoms with Crippen molar-refractivity contribution in [3.05, 3.63) is 35.7 Å². The van der Waals surface area contributed by atoms with E-state index in [1.807, 2.05) is 0 Å². The second kappa shape index (κ2) is 5.48. The van der Waals surface area contributed by atoms with Crippen molar-refractivity contribution in [2.45, 2.75) is 31.5 Å². The molecule has 0 saturated carbocycles. The predicted octanol–water partition coefficient (Wildman–Crippen LogP) is 4.00. The summed E-state index contributed by atoms with van der Waals surface area (Å²) in [7, 11) is 0. The van der Waals surface area contributed by atoms with Crippen LogP contribution < -0.4 is 0 Å². The van der Waals surface area contributed by atoms with Gasteiger partial charge in [0.2, 0.25) is 5.82 Å². The minimum absolute atomic E-state index is 0.144. The molecule has 1 aromatic carbocycles. The van der Waals surface area contributed by atoms with Gasteiger partial charge >= 0.3 is 6.18 Å². The maximum Gasteiger partial charge on any atom is 0.416 e. The lowest BCUT2D eigenvalue weighted by Gasteiger charge is -2.18. The number of aromatic nitrogens is 2. The van der Waals surface area contributed by atoms with Gasteiger partial charge in [-0.3, -0.25) is 0 Å². The fourth-order valence-electron chi connectivity index (χ4n) is 2.25. The van der Waals surface area contributed by atoms with Gasteiger partial charge in [0.25, 0.3) is 5.89 Å². The molecule has 0 bridgehead atoms. The molecule has 0 N–H and O–H groups in total. The molecule has 0 amide bonds. The average molecular weight is 298 g/mol. The Labute approximate surface area is 118 Å². The summed E-state index contributed by atoms with van der Waals surface area (Å²) in [5.74, 6) is 0.465. The van der Waals surface area contributed by atoms with Gasteiger partial charge in [0.05, 0.1) is 5.56 Å². The first-order valence-electron chi connectivity index (χ1n) is 6.67. The van der Waals surface area contributed by atoms with Crippen LogP contribution in [0.1, 0.15) is 36.8 Å². The molecule has 2 heterocycles. The molecule has 1 aliphatic heterocycles. The summed E-state index contributed by atoms with van der Waals surface area (Å²) in [5.41, 5.74) is -0.462. The van der Waals surface area contributed by atoms with Gasteiger partial charge in [-0.15, -0.1) is 0 Å². The van der Waals surface area contributed by atoms with Gasteiger partial charge in [0.1, 0.15) is 6.10 Å². The number of rotatable bonds is 2. The summed E-state index contributed by atoms with van der Waals surface area (Å²) in [6, 6.07) is 4.86. The zero-order valence-electron chi connectivity index (χ0n) is 11.1. The maximum atomic E-state index is 12.7. The van der Waals surface area contributed by atoms with Crippen LogP contribution in [0.3, 0.4) is 0 Å². The van der Waals surface area contributed by atoms with Gasteiger partial charge in [-0.05, 0) is 31.4 Å². The zero-order chi connectivity index (χ0) is 14.9. The first-order chi connectivity index (χ1) is 10.0. The molecule has 0 aliphatic carbocycles. The molecule has 1 aromatic heterocycles. The molecule has 3 rings (SSSR count). The monoisotopic (exact) mass is 298 g/mol. The van der Waals surface area contributed by atoms with Gasteiger partial charge in [-0.25, -0.2) is 0 Å². The van der Waals surface area contributed by atoms with E-state index in [-0.39, 0.29) is 17.5 Å². The van der Waals surface area contributed by atoms with Crippen molar-refractivity contribution >= 4 is 0 Å². The van der Waals surface area contributed by atoms with Crippen LogP contribution in [0, 0.1) is 0 Å². The SMILES string of the molecule is FC(F)(F)c1cccc(-c2noc(C3CCCCO3)n2)c1. The molecule has 1 atom stereocenters. The molecule has 0 spiro atoms. The lowest BCUT2D eigenvalue weighted by Crippen LogP contribution is -2.11. The van der Waals surface area contributed by atoms with Crippen LogP contribution in [0.4, 0.5) is 13.2 Å². The van der Waals surface area contributed by atoms with E-state index in [0.717, 1.165) is 31.4 Å². The fourth-order valence-corrected chi connectivity index (χ4v) is 2.25. The predicted molar refractivity (Wildman–Crippen MR) is 67.3 cm³/mol. The van der Waals surface area contributed by atoms with Crippen molar-refractivity contribution in [2.24, 2.45) is 0 Å². The van der Waals surface area contributed by atoms with Crippen molar-refractivity contribution in [3.8, 4) is 11.4 Å². The Morgan fingerprint density at radius 3 is 2.76 bits per heavy atom. The molecule has 21 heavy (non-hydrogen) atoms. The molecule has 2 aromatic rings. The molecule has 1 fully saturated rings. The summed E-state index contributed by atoms with van der Waals surface area (Å²) in [4.78, 5) is 4.16. The van der Waals surface area contributed by atoms with E-state index in [4.69, 9.17) is 9.26 Å². The third kappa shape index (κ3) is 3.07. The quantitative estimate of drug-likeness (QED) is 0.841. The van der Waals surface area contributed by atoms with E-state index in [9.17, 15) is 13.2 Å². The molecule has 7 heteroatoms. The smallest absolute Gasteiger partial charge is 0.368 e. The number of ether oxygens (including phenoxy) is 1. The van der Waals surface area contributed by atoms with E-state index in [2.05, 4.69) is 10.1 Å². The standard InChI is InChI=1S/C14H13F3N2O2/c15-14(16,17)10-5-3-4-9(8-10)12-18-13(21-19-12)11-6-1-2-7-20-11/h3-5,8,11H,1-2,6-7H2. The van der Waals surface area contributed by atoms with E-state index in [1.165, 1.54) is 12.1 Å². The Morgan fingerprint density at radius 1 is 1.19 bits per heavy atom. The summed E-state index contributed by atoms with van der Waals surface area (Å²) < 4.78 is 48.7. The Balaban J connectivity index is 1.86. The highest BCUT2D eigenvalue weighted by Gasteiger charge is 2.31. The van der Waals surface area contributed by atoms with Crippen molar-refractivity contribution < 1.29 is 22.4 Å². The normalized spacial score (nSPS) is 19.7. The molecule has 1 saturated heterocycles. The van der Waals surface area contributed by atoms with Crippen molar-refractivity contribution in [3.63, 3.8) is 0 Å². The van der Waals surface area contributed by atoms with E-state index in [0.29, 0.717) is 12.5 Å². The summed E-state index contributed by atoms with van der Waals surface area (Å²) >= 11 is 0. The number of alkyl halides is 3. The van der Waals surface area contributed by atoms with Gasteiger partial charge in [-0.1, -0.05) is 17.3 Å². The van der Waals surface area contributed by atoms with Crippen molar-refractivity contribution in [1.82, 2.24) is 10.1 Å².